The first-order chi connectivity index (χ1) is 9.63. The molecule has 0 aromatic heterocycles. The molecule has 0 unspecified atom stereocenters. The van der Waals surface area contributed by atoms with Gasteiger partial charge >= 0.3 is 0 Å². The highest BCUT2D eigenvalue weighted by Gasteiger charge is 2.14. The molecule has 1 aliphatic rings. The van der Waals surface area contributed by atoms with Gasteiger partial charge in [0.1, 0.15) is 0 Å². The fraction of sp³-hybridized carbons (Fsp3) is 0.235. The van der Waals surface area contributed by atoms with Crippen molar-refractivity contribution < 1.29 is 4.79 Å². The highest BCUT2D eigenvalue weighted by Crippen LogP contribution is 2.24. The third-order valence-electron chi connectivity index (χ3n) is 3.84. The van der Waals surface area contributed by atoms with Crippen LogP contribution in [0.15, 0.2) is 36.4 Å². The van der Waals surface area contributed by atoms with E-state index < -0.39 is 0 Å². The number of nitrogen functional groups attached to an aromatic ring is 1. The fourth-order valence-corrected chi connectivity index (χ4v) is 2.98. The highest BCUT2D eigenvalue weighted by molar-refractivity contribution is 6.31. The van der Waals surface area contributed by atoms with Crippen LogP contribution in [0.5, 0.6) is 0 Å². The minimum atomic E-state index is 0.0390. The minimum Gasteiger partial charge on any atom is -0.398 e. The second-order valence-electron chi connectivity index (χ2n) is 5.29. The van der Waals surface area contributed by atoms with Crippen LogP contribution in [-0.4, -0.2) is 5.78 Å². The van der Waals surface area contributed by atoms with E-state index in [0.29, 0.717) is 22.7 Å². The van der Waals surface area contributed by atoms with Crippen LogP contribution in [-0.2, 0) is 19.3 Å². The number of rotatable bonds is 3. The Morgan fingerprint density at radius 3 is 2.70 bits per heavy atom. The lowest BCUT2D eigenvalue weighted by atomic mass is 9.99. The number of benzene rings is 2. The van der Waals surface area contributed by atoms with Gasteiger partial charge in [-0.15, -0.1) is 0 Å². The number of carbonyl (C=O) groups excluding carboxylic acids is 1. The van der Waals surface area contributed by atoms with Crippen molar-refractivity contribution in [1.82, 2.24) is 0 Å². The second-order valence-corrected chi connectivity index (χ2v) is 5.72. The fourth-order valence-electron chi connectivity index (χ4n) is 2.80. The zero-order valence-electron chi connectivity index (χ0n) is 11.2. The quantitative estimate of drug-likeness (QED) is 0.688. The minimum absolute atomic E-state index is 0.0390. The van der Waals surface area contributed by atoms with Gasteiger partial charge in [0.2, 0.25) is 0 Å². The topological polar surface area (TPSA) is 43.1 Å². The summed E-state index contributed by atoms with van der Waals surface area (Å²) in [5.41, 5.74) is 10.7. The molecule has 3 rings (SSSR count). The van der Waals surface area contributed by atoms with Gasteiger partial charge in [-0.2, -0.15) is 0 Å². The summed E-state index contributed by atoms with van der Waals surface area (Å²) in [6.07, 6.45) is 3.89. The second kappa shape index (κ2) is 5.29. The van der Waals surface area contributed by atoms with Crippen molar-refractivity contribution in [2.45, 2.75) is 25.7 Å². The van der Waals surface area contributed by atoms with Crippen molar-refractivity contribution in [3.8, 4) is 0 Å². The molecule has 20 heavy (non-hydrogen) atoms. The monoisotopic (exact) mass is 285 g/mol. The number of carbonyl (C=O) groups is 1. The molecule has 2 aromatic rings. The molecule has 0 radical (unpaired) electrons. The number of hydrogen-bond donors (Lipinski definition) is 1. The molecule has 0 saturated heterocycles. The summed E-state index contributed by atoms with van der Waals surface area (Å²) >= 11 is 5.85. The first-order valence-electron chi connectivity index (χ1n) is 6.82. The average Bonchev–Trinajstić information content (AvgIpc) is 2.85. The third-order valence-corrected chi connectivity index (χ3v) is 4.08. The highest BCUT2D eigenvalue weighted by atomic mass is 35.5. The Balaban J connectivity index is 1.82. The molecule has 1 aliphatic carbocycles. The van der Waals surface area contributed by atoms with Crippen LogP contribution >= 0.6 is 11.6 Å². The zero-order chi connectivity index (χ0) is 14.1. The molecule has 0 heterocycles. The van der Waals surface area contributed by atoms with E-state index in [1.165, 1.54) is 17.5 Å². The van der Waals surface area contributed by atoms with Crippen LogP contribution in [0.1, 0.15) is 33.5 Å². The Hall–Kier alpha value is -1.80. The molecule has 0 saturated carbocycles. The number of fused-ring (bicyclic) bond motifs is 1. The third kappa shape index (κ3) is 2.56. The summed E-state index contributed by atoms with van der Waals surface area (Å²) in [5, 5.41) is 0.552. The maximum atomic E-state index is 12.3. The molecule has 2 nitrogen and oxygen atoms in total. The van der Waals surface area contributed by atoms with Gasteiger partial charge in [-0.1, -0.05) is 29.8 Å². The predicted molar refractivity (Wildman–Crippen MR) is 82.4 cm³/mol. The van der Waals surface area contributed by atoms with E-state index in [1.807, 2.05) is 6.07 Å². The molecule has 102 valence electrons. The van der Waals surface area contributed by atoms with Gasteiger partial charge in [0.25, 0.3) is 0 Å². The Kier molecular flexibility index (Phi) is 3.49. The smallest absolute Gasteiger partial charge is 0.169 e. The van der Waals surface area contributed by atoms with Crippen molar-refractivity contribution >= 4 is 23.1 Å². The Morgan fingerprint density at radius 2 is 1.90 bits per heavy atom. The number of hydrogen-bond acceptors (Lipinski definition) is 2. The molecule has 0 aliphatic heterocycles. The molecular formula is C17H16ClNO. The molecule has 2 aromatic carbocycles. The summed E-state index contributed by atoms with van der Waals surface area (Å²) in [7, 11) is 0. The maximum absolute atomic E-state index is 12.3. The normalized spacial score (nSPS) is 13.2. The van der Waals surface area contributed by atoms with E-state index >= 15 is 0 Å². The van der Waals surface area contributed by atoms with E-state index in [2.05, 4.69) is 12.1 Å². The van der Waals surface area contributed by atoms with E-state index in [9.17, 15) is 4.79 Å². The SMILES string of the molecule is Nc1cc(Cl)ccc1C(=O)Cc1ccc2c(c1)CCC2. The Morgan fingerprint density at radius 1 is 1.10 bits per heavy atom. The zero-order valence-corrected chi connectivity index (χ0v) is 11.9. The van der Waals surface area contributed by atoms with Crippen molar-refractivity contribution in [3.63, 3.8) is 0 Å². The van der Waals surface area contributed by atoms with Gasteiger partial charge < -0.3 is 5.73 Å². The first kappa shape index (κ1) is 13.2. The molecule has 3 heteroatoms. The largest absolute Gasteiger partial charge is 0.398 e. The van der Waals surface area contributed by atoms with Crippen molar-refractivity contribution in [3.05, 3.63) is 63.7 Å². The molecule has 0 bridgehead atoms. The van der Waals surface area contributed by atoms with Gasteiger partial charge in [0.05, 0.1) is 0 Å². The predicted octanol–water partition coefficient (Wildman–Crippen LogP) is 3.84. The van der Waals surface area contributed by atoms with Crippen LogP contribution in [0, 0.1) is 0 Å². The Labute approximate surface area is 123 Å². The van der Waals surface area contributed by atoms with E-state index in [4.69, 9.17) is 17.3 Å². The summed E-state index contributed by atoms with van der Waals surface area (Å²) < 4.78 is 0. The lowest BCUT2D eigenvalue weighted by molar-refractivity contribution is 0.0994. The van der Waals surface area contributed by atoms with Gasteiger partial charge in [0, 0.05) is 22.7 Å². The van der Waals surface area contributed by atoms with Crippen LogP contribution in [0.25, 0.3) is 0 Å². The maximum Gasteiger partial charge on any atom is 0.169 e. The number of anilines is 1. The van der Waals surface area contributed by atoms with Gasteiger partial charge in [-0.25, -0.2) is 0 Å². The number of ketones is 1. The molecule has 2 N–H and O–H groups in total. The van der Waals surface area contributed by atoms with Crippen molar-refractivity contribution in [1.29, 1.82) is 0 Å². The molecular weight excluding hydrogens is 270 g/mol. The number of halogens is 1. The van der Waals surface area contributed by atoms with Crippen LogP contribution in [0.3, 0.4) is 0 Å². The average molecular weight is 286 g/mol. The summed E-state index contributed by atoms with van der Waals surface area (Å²) in [4.78, 5) is 12.3. The standard InChI is InChI=1S/C17H16ClNO/c18-14-6-7-15(16(19)10-14)17(20)9-11-4-5-12-2-1-3-13(12)8-11/h4-8,10H,1-3,9,19H2. The van der Waals surface area contributed by atoms with Gasteiger partial charge in [-0.05, 0) is 54.2 Å². The van der Waals surface area contributed by atoms with Gasteiger partial charge in [0.15, 0.2) is 5.78 Å². The van der Waals surface area contributed by atoms with Crippen molar-refractivity contribution in [2.75, 3.05) is 5.73 Å². The number of aryl methyl sites for hydroxylation is 2. The summed E-state index contributed by atoms with van der Waals surface area (Å²) in [6.45, 7) is 0. The lowest BCUT2D eigenvalue weighted by Gasteiger charge is -2.07. The van der Waals surface area contributed by atoms with E-state index in [0.717, 1.165) is 18.4 Å². The summed E-state index contributed by atoms with van der Waals surface area (Å²) in [6, 6.07) is 11.4. The van der Waals surface area contributed by atoms with Crippen LogP contribution in [0.2, 0.25) is 5.02 Å². The molecule has 0 spiro atoms. The number of Topliss-reactive ketones (excluding diaryl/α,β-unsaturated/α-hetero) is 1. The first-order valence-corrected chi connectivity index (χ1v) is 7.20. The van der Waals surface area contributed by atoms with Crippen LogP contribution in [0.4, 0.5) is 5.69 Å². The van der Waals surface area contributed by atoms with Gasteiger partial charge in [-0.3, -0.25) is 4.79 Å². The van der Waals surface area contributed by atoms with Crippen molar-refractivity contribution in [2.24, 2.45) is 0 Å². The molecule has 0 fully saturated rings. The van der Waals surface area contributed by atoms with Crippen LogP contribution < -0.4 is 5.73 Å². The summed E-state index contributed by atoms with van der Waals surface area (Å²) in [5.74, 6) is 0.0390. The van der Waals surface area contributed by atoms with E-state index in [1.54, 1.807) is 18.2 Å². The Bertz CT molecular complexity index is 679. The van der Waals surface area contributed by atoms with E-state index in [-0.39, 0.29) is 5.78 Å². The lowest BCUT2D eigenvalue weighted by Crippen LogP contribution is -2.07. The molecule has 0 atom stereocenters. The molecule has 0 amide bonds. The number of nitrogens with two attached hydrogens (primary N) is 1.